The highest BCUT2D eigenvalue weighted by Gasteiger charge is 2.43. The number of nitrogens with zero attached hydrogens (tertiary/aromatic N) is 4. The first-order chi connectivity index (χ1) is 15.3. The zero-order valence-corrected chi connectivity index (χ0v) is 17.7. The van der Waals surface area contributed by atoms with E-state index in [0.29, 0.717) is 5.11 Å². The molecule has 1 N–H and O–H groups in total. The summed E-state index contributed by atoms with van der Waals surface area (Å²) in [4.78, 5) is 11.3. The quantitative estimate of drug-likeness (QED) is 0.475. The summed E-state index contributed by atoms with van der Waals surface area (Å²) in [5.41, 5.74) is 2.87. The van der Waals surface area contributed by atoms with E-state index in [2.05, 4.69) is 30.8 Å². The van der Waals surface area contributed by atoms with E-state index in [1.165, 1.54) is 0 Å². The van der Waals surface area contributed by atoms with E-state index < -0.39 is 0 Å². The van der Waals surface area contributed by atoms with Crippen molar-refractivity contribution >= 4 is 23.0 Å². The lowest BCUT2D eigenvalue weighted by atomic mass is 10.0. The first-order valence-corrected chi connectivity index (χ1v) is 10.4. The van der Waals surface area contributed by atoms with Crippen LogP contribution in [0.2, 0.25) is 0 Å². The molecule has 1 aliphatic heterocycles. The smallest absolute Gasteiger partial charge is 0.174 e. The van der Waals surface area contributed by atoms with E-state index in [-0.39, 0.29) is 12.1 Å². The number of para-hydroxylation sites is 2. The average Bonchev–Trinajstić information content (AvgIpc) is 3.44. The standard InChI is InChI=1S/C24H21N5OS/c1-30-20-12-3-2-10-18(20)29-23(22(27-24(29)31)17-9-4-6-14-25-17)19-11-8-16-28(19)21-13-5-7-15-26-21/h2-16,22-23H,1H3,(H,27,31)/t22-,23-/m0/s1. The van der Waals surface area contributed by atoms with E-state index in [0.717, 1.165) is 28.6 Å². The molecule has 0 spiro atoms. The maximum atomic E-state index is 5.82. The molecule has 0 bridgehead atoms. The molecule has 6 nitrogen and oxygen atoms in total. The van der Waals surface area contributed by atoms with Crippen molar-refractivity contribution in [2.24, 2.45) is 0 Å². The van der Waals surface area contributed by atoms with Gasteiger partial charge in [0, 0.05) is 24.3 Å². The lowest BCUT2D eigenvalue weighted by Crippen LogP contribution is -2.30. The van der Waals surface area contributed by atoms with Gasteiger partial charge in [-0.15, -0.1) is 0 Å². The molecule has 0 amide bonds. The highest BCUT2D eigenvalue weighted by molar-refractivity contribution is 7.80. The molecule has 2 atom stereocenters. The fraction of sp³-hybridized carbons (Fsp3) is 0.125. The van der Waals surface area contributed by atoms with Gasteiger partial charge >= 0.3 is 0 Å². The molecular weight excluding hydrogens is 406 g/mol. The van der Waals surface area contributed by atoms with Gasteiger partial charge in [0.05, 0.1) is 24.5 Å². The molecule has 4 heterocycles. The SMILES string of the molecule is COc1ccccc1N1C(=S)N[C@@H](c2ccccn2)[C@@H]1c1cccn1-c1ccccn1. The van der Waals surface area contributed by atoms with E-state index in [4.69, 9.17) is 17.0 Å². The van der Waals surface area contributed by atoms with Crippen LogP contribution in [-0.4, -0.2) is 26.8 Å². The predicted molar refractivity (Wildman–Crippen MR) is 124 cm³/mol. The second kappa shape index (κ2) is 8.20. The number of ether oxygens (including phenoxy) is 1. The zero-order valence-electron chi connectivity index (χ0n) is 16.9. The number of hydrogen-bond donors (Lipinski definition) is 1. The summed E-state index contributed by atoms with van der Waals surface area (Å²) in [5, 5.41) is 4.12. The van der Waals surface area contributed by atoms with E-state index in [9.17, 15) is 0 Å². The molecule has 0 aliphatic carbocycles. The van der Waals surface area contributed by atoms with Gasteiger partial charge in [0.15, 0.2) is 5.11 Å². The lowest BCUT2D eigenvalue weighted by Gasteiger charge is -2.29. The molecule has 4 aromatic rings. The summed E-state index contributed by atoms with van der Waals surface area (Å²) in [5.74, 6) is 1.61. The predicted octanol–water partition coefficient (Wildman–Crippen LogP) is 4.45. The largest absolute Gasteiger partial charge is 0.495 e. The average molecular weight is 428 g/mol. The third-order valence-corrected chi connectivity index (χ3v) is 5.74. The van der Waals surface area contributed by atoms with Crippen molar-refractivity contribution in [3.8, 4) is 11.6 Å². The van der Waals surface area contributed by atoms with Gasteiger partial charge in [0.1, 0.15) is 17.6 Å². The monoisotopic (exact) mass is 427 g/mol. The number of nitrogens with one attached hydrogen (secondary N) is 1. The Morgan fingerprint density at radius 2 is 1.68 bits per heavy atom. The first-order valence-electron chi connectivity index (χ1n) is 10.0. The molecule has 1 aliphatic rings. The van der Waals surface area contributed by atoms with Crippen LogP contribution >= 0.6 is 12.2 Å². The Morgan fingerprint density at radius 1 is 0.903 bits per heavy atom. The van der Waals surface area contributed by atoms with Crippen molar-refractivity contribution in [2.75, 3.05) is 12.0 Å². The Kier molecular flexibility index (Phi) is 5.09. The highest BCUT2D eigenvalue weighted by atomic mass is 32.1. The number of pyridine rings is 2. The Morgan fingerprint density at radius 3 is 2.42 bits per heavy atom. The van der Waals surface area contributed by atoms with Crippen LogP contribution in [0.25, 0.3) is 5.82 Å². The van der Waals surface area contributed by atoms with Crippen LogP contribution in [0.1, 0.15) is 23.5 Å². The molecule has 1 fully saturated rings. The van der Waals surface area contributed by atoms with Gasteiger partial charge in [-0.1, -0.05) is 24.3 Å². The van der Waals surface area contributed by atoms with Gasteiger partial charge in [-0.2, -0.15) is 0 Å². The Hall–Kier alpha value is -3.71. The topological polar surface area (TPSA) is 55.2 Å². The molecule has 0 radical (unpaired) electrons. The summed E-state index contributed by atoms with van der Waals surface area (Å²) in [7, 11) is 1.67. The Balaban J connectivity index is 1.69. The van der Waals surface area contributed by atoms with Gasteiger partial charge in [0.2, 0.25) is 0 Å². The number of benzene rings is 1. The fourth-order valence-electron chi connectivity index (χ4n) is 4.08. The van der Waals surface area contributed by atoms with Crippen LogP contribution in [0, 0.1) is 0 Å². The Labute approximate surface area is 186 Å². The van der Waals surface area contributed by atoms with Gasteiger partial charge in [-0.25, -0.2) is 4.98 Å². The molecule has 7 heteroatoms. The molecule has 0 unspecified atom stereocenters. The maximum absolute atomic E-state index is 5.82. The van der Waals surface area contributed by atoms with E-state index in [1.807, 2.05) is 72.9 Å². The summed E-state index contributed by atoms with van der Waals surface area (Å²) < 4.78 is 7.76. The van der Waals surface area contributed by atoms with Gasteiger partial charge in [0.25, 0.3) is 0 Å². The molecule has 1 saturated heterocycles. The second-order valence-electron chi connectivity index (χ2n) is 7.16. The molecule has 31 heavy (non-hydrogen) atoms. The van der Waals surface area contributed by atoms with Gasteiger partial charge in [-0.05, 0) is 60.7 Å². The van der Waals surface area contributed by atoms with E-state index >= 15 is 0 Å². The molecule has 1 aromatic carbocycles. The molecule has 3 aromatic heterocycles. The number of methoxy groups -OCH3 is 1. The minimum Gasteiger partial charge on any atom is -0.495 e. The fourth-order valence-corrected chi connectivity index (χ4v) is 4.42. The number of hydrogen-bond acceptors (Lipinski definition) is 4. The highest BCUT2D eigenvalue weighted by Crippen LogP contribution is 2.44. The van der Waals surface area contributed by atoms with Crippen molar-refractivity contribution in [1.82, 2.24) is 19.9 Å². The van der Waals surface area contributed by atoms with Crippen LogP contribution in [0.5, 0.6) is 5.75 Å². The summed E-state index contributed by atoms with van der Waals surface area (Å²) >= 11 is 5.82. The second-order valence-corrected chi connectivity index (χ2v) is 7.55. The number of thiocarbonyl (C=S) groups is 1. The number of anilines is 1. The first kappa shape index (κ1) is 19.3. The molecule has 154 valence electrons. The van der Waals surface area contributed by atoms with Crippen LogP contribution < -0.4 is 15.0 Å². The lowest BCUT2D eigenvalue weighted by molar-refractivity contribution is 0.414. The van der Waals surface area contributed by atoms with Crippen molar-refractivity contribution in [3.63, 3.8) is 0 Å². The van der Waals surface area contributed by atoms with Crippen LogP contribution in [0.4, 0.5) is 5.69 Å². The van der Waals surface area contributed by atoms with Gasteiger partial charge in [-0.3, -0.25) is 4.98 Å². The molecule has 5 rings (SSSR count). The molecular formula is C24H21N5OS. The van der Waals surface area contributed by atoms with Crippen molar-refractivity contribution in [1.29, 1.82) is 0 Å². The van der Waals surface area contributed by atoms with Crippen molar-refractivity contribution in [3.05, 3.63) is 103 Å². The molecule has 0 saturated carbocycles. The minimum atomic E-state index is -0.157. The third-order valence-electron chi connectivity index (χ3n) is 5.42. The van der Waals surface area contributed by atoms with Crippen molar-refractivity contribution < 1.29 is 4.74 Å². The van der Waals surface area contributed by atoms with Crippen molar-refractivity contribution in [2.45, 2.75) is 12.1 Å². The van der Waals surface area contributed by atoms with Crippen LogP contribution in [0.15, 0.2) is 91.4 Å². The zero-order chi connectivity index (χ0) is 21.2. The normalized spacial score (nSPS) is 18.1. The van der Waals surface area contributed by atoms with E-state index in [1.54, 1.807) is 19.5 Å². The summed E-state index contributed by atoms with van der Waals surface area (Å²) in [6.07, 6.45) is 5.63. The van der Waals surface area contributed by atoms with Gasteiger partial charge < -0.3 is 19.5 Å². The Bertz CT molecular complexity index is 1190. The minimum absolute atomic E-state index is 0.143. The summed E-state index contributed by atoms with van der Waals surface area (Å²) in [6, 6.07) is 23.6. The maximum Gasteiger partial charge on any atom is 0.174 e. The van der Waals surface area contributed by atoms with Crippen LogP contribution in [0.3, 0.4) is 0 Å². The van der Waals surface area contributed by atoms with Crippen LogP contribution in [-0.2, 0) is 0 Å². The number of aromatic nitrogens is 3. The third kappa shape index (κ3) is 3.43. The number of rotatable bonds is 5. The summed E-state index contributed by atoms with van der Waals surface area (Å²) in [6.45, 7) is 0.